The summed E-state index contributed by atoms with van der Waals surface area (Å²) in [7, 11) is 0. The SMILES string of the molecule is c1ccc(C2CC(c3ccc(OCC4CS4)cc3)(c3ccc(OCC4CS4)cc3)c3cc(OC4CCS4)ccc32)cc1. The van der Waals surface area contributed by atoms with Crippen molar-refractivity contribution in [1.82, 2.24) is 0 Å². The Kier molecular flexibility index (Phi) is 7.33. The number of fused-ring (bicyclic) bond motifs is 1. The summed E-state index contributed by atoms with van der Waals surface area (Å²) in [5.41, 5.74) is 6.56. The van der Waals surface area contributed by atoms with Crippen LogP contribution < -0.4 is 14.2 Å². The van der Waals surface area contributed by atoms with Crippen LogP contribution >= 0.6 is 35.3 Å². The van der Waals surface area contributed by atoms with E-state index >= 15 is 0 Å². The Morgan fingerprint density at radius 2 is 1.24 bits per heavy atom. The maximum atomic E-state index is 6.46. The third-order valence-corrected chi connectivity index (χ3v) is 11.9. The van der Waals surface area contributed by atoms with E-state index in [1.165, 1.54) is 45.1 Å². The lowest BCUT2D eigenvalue weighted by Crippen LogP contribution is -2.27. The molecule has 0 saturated carbocycles. The minimum Gasteiger partial charge on any atom is -0.492 e. The normalized spacial score (nSPS) is 27.0. The van der Waals surface area contributed by atoms with E-state index in [-0.39, 0.29) is 16.8 Å². The number of benzene rings is 4. The second-order valence-corrected chi connectivity index (χ2v) is 15.5. The Morgan fingerprint density at radius 3 is 1.76 bits per heavy atom. The highest BCUT2D eigenvalue weighted by Gasteiger charge is 2.47. The highest BCUT2D eigenvalue weighted by molar-refractivity contribution is 8.07. The number of thioether (sulfide) groups is 3. The van der Waals surface area contributed by atoms with Gasteiger partial charge in [0.05, 0.1) is 0 Å². The lowest BCUT2D eigenvalue weighted by molar-refractivity contribution is 0.271. The van der Waals surface area contributed by atoms with Gasteiger partial charge in [-0.1, -0.05) is 60.7 Å². The van der Waals surface area contributed by atoms with Gasteiger partial charge in [-0.3, -0.25) is 0 Å². The van der Waals surface area contributed by atoms with Crippen LogP contribution in [0.2, 0.25) is 0 Å². The Morgan fingerprint density at radius 1 is 0.667 bits per heavy atom. The second-order valence-electron chi connectivity index (χ2n) is 11.6. The molecule has 42 heavy (non-hydrogen) atoms. The maximum Gasteiger partial charge on any atom is 0.145 e. The number of hydrogen-bond acceptors (Lipinski definition) is 6. The predicted octanol–water partition coefficient (Wildman–Crippen LogP) is 8.39. The Balaban J connectivity index is 1.23. The van der Waals surface area contributed by atoms with Crippen LogP contribution in [0.15, 0.2) is 97.1 Å². The van der Waals surface area contributed by atoms with Crippen molar-refractivity contribution in [3.05, 3.63) is 125 Å². The van der Waals surface area contributed by atoms with Gasteiger partial charge in [-0.2, -0.15) is 23.5 Å². The van der Waals surface area contributed by atoms with Crippen LogP contribution in [0.3, 0.4) is 0 Å². The molecule has 3 heterocycles. The van der Waals surface area contributed by atoms with Crippen molar-refractivity contribution < 1.29 is 14.2 Å². The zero-order valence-corrected chi connectivity index (χ0v) is 25.9. The summed E-state index contributed by atoms with van der Waals surface area (Å²) in [5.74, 6) is 6.73. The average Bonchev–Trinajstić information content (AvgIpc) is 3.96. The Hall–Kier alpha value is -2.67. The molecule has 4 atom stereocenters. The summed E-state index contributed by atoms with van der Waals surface area (Å²) in [5, 5.41) is 1.30. The first-order valence-corrected chi connectivity index (χ1v) is 18.1. The standard InChI is InChI=1S/C36H34O3S3/c1-2-4-24(5-3-1)33-19-36(25-6-10-27(11-7-25)37-20-30-22-41-30,26-8-12-28(13-9-26)38-21-31-23-42-31)34-18-29(14-15-32(33)34)39-35-16-17-40-35/h1-15,18,30-31,33,35H,16-17,19-23H2. The van der Waals surface area contributed by atoms with E-state index in [4.69, 9.17) is 14.2 Å². The van der Waals surface area contributed by atoms with Crippen molar-refractivity contribution >= 4 is 35.3 Å². The molecule has 4 aliphatic rings. The van der Waals surface area contributed by atoms with Crippen molar-refractivity contribution in [3.8, 4) is 17.2 Å². The van der Waals surface area contributed by atoms with Gasteiger partial charge in [-0.05, 0) is 70.6 Å². The average molecular weight is 611 g/mol. The van der Waals surface area contributed by atoms with Crippen LogP contribution in [0.25, 0.3) is 0 Å². The van der Waals surface area contributed by atoms with Gasteiger partial charge in [0.1, 0.15) is 35.9 Å². The third-order valence-electron chi connectivity index (χ3n) is 8.87. The lowest BCUT2D eigenvalue weighted by atomic mass is 9.69. The first-order chi connectivity index (χ1) is 20.7. The van der Waals surface area contributed by atoms with Crippen molar-refractivity contribution in [1.29, 1.82) is 0 Å². The van der Waals surface area contributed by atoms with Gasteiger partial charge in [0, 0.05) is 45.5 Å². The molecule has 0 aromatic heterocycles. The molecule has 0 radical (unpaired) electrons. The fourth-order valence-corrected chi connectivity index (χ4v) is 7.74. The minimum atomic E-state index is -0.336. The monoisotopic (exact) mass is 610 g/mol. The Bertz CT molecular complexity index is 1470. The zero-order chi connectivity index (χ0) is 27.9. The van der Waals surface area contributed by atoms with Crippen LogP contribution in [-0.2, 0) is 5.41 Å². The molecule has 3 aliphatic heterocycles. The molecule has 8 rings (SSSR count). The fourth-order valence-electron chi connectivity index (χ4n) is 6.34. The van der Waals surface area contributed by atoms with Gasteiger partial charge < -0.3 is 14.2 Å². The Labute approximate surface area is 261 Å². The molecule has 214 valence electrons. The summed E-state index contributed by atoms with van der Waals surface area (Å²) in [6.45, 7) is 1.57. The topological polar surface area (TPSA) is 27.7 Å². The molecule has 4 aromatic rings. The largest absolute Gasteiger partial charge is 0.492 e. The predicted molar refractivity (Wildman–Crippen MR) is 177 cm³/mol. The molecule has 0 spiro atoms. The quantitative estimate of drug-likeness (QED) is 0.158. The van der Waals surface area contributed by atoms with Crippen molar-refractivity contribution in [2.45, 2.75) is 40.1 Å². The summed E-state index contributed by atoms with van der Waals surface area (Å²) in [4.78, 5) is 0. The highest BCUT2D eigenvalue weighted by atomic mass is 32.2. The smallest absolute Gasteiger partial charge is 0.145 e. The molecule has 0 N–H and O–H groups in total. The van der Waals surface area contributed by atoms with E-state index in [0.29, 0.717) is 10.5 Å². The number of hydrogen-bond donors (Lipinski definition) is 0. The molecule has 4 aromatic carbocycles. The molecular weight excluding hydrogens is 577 g/mol. The zero-order valence-electron chi connectivity index (χ0n) is 23.4. The van der Waals surface area contributed by atoms with Crippen LogP contribution in [-0.4, -0.2) is 46.4 Å². The highest BCUT2D eigenvalue weighted by Crippen LogP contribution is 2.57. The van der Waals surface area contributed by atoms with Gasteiger partial charge >= 0.3 is 0 Å². The third kappa shape index (κ3) is 5.42. The summed E-state index contributed by atoms with van der Waals surface area (Å²) >= 11 is 5.83. The van der Waals surface area contributed by atoms with Crippen LogP contribution in [0.4, 0.5) is 0 Å². The minimum absolute atomic E-state index is 0.255. The van der Waals surface area contributed by atoms with Crippen LogP contribution in [0.5, 0.6) is 17.2 Å². The molecule has 3 fully saturated rings. The summed E-state index contributed by atoms with van der Waals surface area (Å²) in [6.07, 6.45) is 2.06. The molecule has 0 amide bonds. The maximum absolute atomic E-state index is 6.46. The van der Waals surface area contributed by atoms with Gasteiger partial charge in [0.25, 0.3) is 0 Å². The molecule has 6 heteroatoms. The molecule has 4 unspecified atom stereocenters. The van der Waals surface area contributed by atoms with E-state index in [1.54, 1.807) is 0 Å². The van der Waals surface area contributed by atoms with Crippen molar-refractivity contribution in [2.75, 3.05) is 30.5 Å². The number of ether oxygens (including phenoxy) is 3. The molecular formula is C36H34O3S3. The lowest BCUT2D eigenvalue weighted by Gasteiger charge is -2.33. The van der Waals surface area contributed by atoms with E-state index in [2.05, 4.69) is 97.1 Å². The van der Waals surface area contributed by atoms with E-state index < -0.39 is 0 Å². The van der Waals surface area contributed by atoms with Gasteiger partial charge in [-0.25, -0.2) is 0 Å². The van der Waals surface area contributed by atoms with Crippen molar-refractivity contribution in [3.63, 3.8) is 0 Å². The summed E-state index contributed by atoms with van der Waals surface area (Å²) in [6, 6.07) is 35.6. The van der Waals surface area contributed by atoms with E-state index in [9.17, 15) is 0 Å². The van der Waals surface area contributed by atoms with Gasteiger partial charge in [0.15, 0.2) is 0 Å². The first kappa shape index (κ1) is 26.9. The molecule has 3 saturated heterocycles. The summed E-state index contributed by atoms with van der Waals surface area (Å²) < 4.78 is 18.7. The number of rotatable bonds is 11. The second kappa shape index (κ2) is 11.4. The molecule has 3 nitrogen and oxygen atoms in total. The van der Waals surface area contributed by atoms with Crippen LogP contribution in [0.1, 0.15) is 46.6 Å². The van der Waals surface area contributed by atoms with Gasteiger partial charge in [-0.15, -0.1) is 11.8 Å². The first-order valence-electron chi connectivity index (χ1n) is 14.9. The van der Waals surface area contributed by atoms with Crippen molar-refractivity contribution in [2.24, 2.45) is 0 Å². The van der Waals surface area contributed by atoms with E-state index in [0.717, 1.165) is 43.3 Å². The van der Waals surface area contributed by atoms with Crippen LogP contribution in [0, 0.1) is 0 Å². The fraction of sp³-hybridized carbons (Fsp3) is 0.333. The molecule has 1 aliphatic carbocycles. The van der Waals surface area contributed by atoms with Gasteiger partial charge in [0.2, 0.25) is 0 Å². The van der Waals surface area contributed by atoms with E-state index in [1.807, 2.05) is 35.3 Å². The molecule has 0 bridgehead atoms.